The average Bonchev–Trinajstić information content (AvgIpc) is 2.43. The maximum Gasteiger partial charge on any atom is 0.243 e. The molecule has 22 heavy (non-hydrogen) atoms. The predicted octanol–water partition coefficient (Wildman–Crippen LogP) is 1.07. The lowest BCUT2D eigenvalue weighted by atomic mass is 9.95. The Morgan fingerprint density at radius 2 is 2.09 bits per heavy atom. The van der Waals surface area contributed by atoms with E-state index in [9.17, 15) is 17.9 Å². The molecule has 1 aromatic rings. The van der Waals surface area contributed by atoms with Gasteiger partial charge in [0, 0.05) is 25.6 Å². The third-order valence-electron chi connectivity index (χ3n) is 4.05. The normalized spacial score (nSPS) is 23.9. The number of sulfonamides is 1. The first-order valence-corrected chi connectivity index (χ1v) is 8.75. The highest BCUT2D eigenvalue weighted by Gasteiger charge is 2.35. The van der Waals surface area contributed by atoms with Crippen LogP contribution in [-0.2, 0) is 10.0 Å². The number of aryl methyl sites for hydroxylation is 1. The monoisotopic (exact) mass is 330 g/mol. The molecule has 5 nitrogen and oxygen atoms in total. The van der Waals surface area contributed by atoms with Gasteiger partial charge in [-0.15, -0.1) is 0 Å². The zero-order chi connectivity index (χ0) is 16.5. The Morgan fingerprint density at radius 1 is 1.41 bits per heavy atom. The molecule has 0 unspecified atom stereocenters. The number of rotatable bonds is 4. The summed E-state index contributed by atoms with van der Waals surface area (Å²) in [5.74, 6) is -0.526. The summed E-state index contributed by atoms with van der Waals surface area (Å²) in [7, 11) is 0.0648. The summed E-state index contributed by atoms with van der Waals surface area (Å²) < 4.78 is 40.0. The maximum absolute atomic E-state index is 13.4. The summed E-state index contributed by atoms with van der Waals surface area (Å²) in [5, 5.41) is 10.2. The molecule has 1 aliphatic rings. The second-order valence-corrected chi connectivity index (χ2v) is 8.06. The van der Waals surface area contributed by atoms with Gasteiger partial charge in [0.05, 0.1) is 11.0 Å². The molecule has 0 aliphatic carbocycles. The second-order valence-electron chi connectivity index (χ2n) is 6.15. The van der Waals surface area contributed by atoms with Crippen molar-refractivity contribution in [3.05, 3.63) is 29.6 Å². The molecule has 2 rings (SSSR count). The Bertz CT molecular complexity index is 634. The van der Waals surface area contributed by atoms with Crippen molar-refractivity contribution in [1.82, 2.24) is 9.21 Å². The van der Waals surface area contributed by atoms with E-state index >= 15 is 0 Å². The molecule has 0 bridgehead atoms. The van der Waals surface area contributed by atoms with E-state index in [0.717, 1.165) is 6.07 Å². The van der Waals surface area contributed by atoms with Gasteiger partial charge in [0.2, 0.25) is 10.0 Å². The molecule has 1 aliphatic heterocycles. The number of piperidine rings is 1. The van der Waals surface area contributed by atoms with Gasteiger partial charge in [0.1, 0.15) is 5.82 Å². The van der Waals surface area contributed by atoms with Crippen LogP contribution in [0.3, 0.4) is 0 Å². The molecule has 1 fully saturated rings. The van der Waals surface area contributed by atoms with Crippen molar-refractivity contribution in [3.8, 4) is 0 Å². The van der Waals surface area contributed by atoms with Gasteiger partial charge in [-0.25, -0.2) is 12.8 Å². The number of hydrogen-bond donors (Lipinski definition) is 1. The van der Waals surface area contributed by atoms with Crippen LogP contribution in [0.5, 0.6) is 0 Å². The van der Waals surface area contributed by atoms with Crippen LogP contribution in [0, 0.1) is 18.7 Å². The summed E-state index contributed by atoms with van der Waals surface area (Å²) in [6.45, 7) is 2.75. The van der Waals surface area contributed by atoms with Crippen LogP contribution in [0.4, 0.5) is 4.39 Å². The van der Waals surface area contributed by atoms with Crippen LogP contribution in [-0.4, -0.2) is 62.6 Å². The zero-order valence-electron chi connectivity index (χ0n) is 13.2. The van der Waals surface area contributed by atoms with Crippen LogP contribution in [0.2, 0.25) is 0 Å². The Labute approximate surface area is 131 Å². The van der Waals surface area contributed by atoms with Gasteiger partial charge < -0.3 is 10.0 Å². The van der Waals surface area contributed by atoms with Crippen LogP contribution < -0.4 is 0 Å². The Balaban J connectivity index is 2.20. The zero-order valence-corrected chi connectivity index (χ0v) is 14.0. The van der Waals surface area contributed by atoms with E-state index in [1.54, 1.807) is 6.92 Å². The molecule has 1 heterocycles. The van der Waals surface area contributed by atoms with E-state index in [0.29, 0.717) is 25.1 Å². The van der Waals surface area contributed by atoms with Crippen LogP contribution in [0.15, 0.2) is 23.1 Å². The van der Waals surface area contributed by atoms with E-state index in [1.807, 2.05) is 19.0 Å². The summed E-state index contributed by atoms with van der Waals surface area (Å²) in [6.07, 6.45) is -0.118. The molecule has 0 saturated carbocycles. The number of halogens is 1. The molecule has 1 aromatic carbocycles. The van der Waals surface area contributed by atoms with E-state index < -0.39 is 21.9 Å². The van der Waals surface area contributed by atoms with Gasteiger partial charge in [-0.1, -0.05) is 6.07 Å². The first kappa shape index (κ1) is 17.3. The lowest BCUT2D eigenvalue weighted by Gasteiger charge is -2.36. The number of nitrogens with zero attached hydrogens (tertiary/aromatic N) is 2. The lowest BCUT2D eigenvalue weighted by Crippen LogP contribution is -2.48. The molecule has 2 atom stereocenters. The average molecular weight is 330 g/mol. The van der Waals surface area contributed by atoms with Crippen molar-refractivity contribution < 1.29 is 17.9 Å². The van der Waals surface area contributed by atoms with Crippen molar-refractivity contribution in [3.63, 3.8) is 0 Å². The minimum Gasteiger partial charge on any atom is -0.391 e. The minimum atomic E-state index is -3.78. The predicted molar refractivity (Wildman–Crippen MR) is 82.6 cm³/mol. The molecular formula is C15H23FN2O3S. The minimum absolute atomic E-state index is 0.0224. The van der Waals surface area contributed by atoms with Crippen molar-refractivity contribution in [2.45, 2.75) is 24.3 Å². The topological polar surface area (TPSA) is 60.9 Å². The number of aliphatic hydroxyl groups excluding tert-OH is 1. The van der Waals surface area contributed by atoms with Gasteiger partial charge in [-0.05, 0) is 45.1 Å². The second kappa shape index (κ2) is 6.62. The molecule has 7 heteroatoms. The Morgan fingerprint density at radius 3 is 2.68 bits per heavy atom. The fourth-order valence-corrected chi connectivity index (χ4v) is 4.55. The van der Waals surface area contributed by atoms with Crippen LogP contribution in [0.25, 0.3) is 0 Å². The first-order chi connectivity index (χ1) is 10.2. The van der Waals surface area contributed by atoms with Crippen LogP contribution in [0.1, 0.15) is 12.0 Å². The molecule has 1 N–H and O–H groups in total. The Kier molecular flexibility index (Phi) is 5.21. The summed E-state index contributed by atoms with van der Waals surface area (Å²) in [6, 6.07) is 3.74. The number of β-amino-alcohol motifs (C(OH)–C–C–N with tert-alkyl or cyclic N) is 1. The number of aliphatic hydroxyl groups is 1. The number of benzene rings is 1. The van der Waals surface area contributed by atoms with Crippen LogP contribution >= 0.6 is 0 Å². The standard InChI is InChI=1S/C15H23FN2O3S/c1-11-4-5-13(16)8-15(11)22(20,21)18-7-6-12(9-17(2)3)14(19)10-18/h4-5,8,12,14,19H,6-7,9-10H2,1-3H3/t12-,14+/m1/s1. The van der Waals surface area contributed by atoms with Gasteiger partial charge in [-0.2, -0.15) is 4.31 Å². The molecule has 0 spiro atoms. The molecular weight excluding hydrogens is 307 g/mol. The van der Waals surface area contributed by atoms with E-state index in [2.05, 4.69) is 0 Å². The molecule has 124 valence electrons. The first-order valence-electron chi connectivity index (χ1n) is 7.31. The van der Waals surface area contributed by atoms with E-state index in [4.69, 9.17) is 0 Å². The highest BCUT2D eigenvalue weighted by atomic mass is 32.2. The highest BCUT2D eigenvalue weighted by Crippen LogP contribution is 2.26. The van der Waals surface area contributed by atoms with E-state index in [1.165, 1.54) is 16.4 Å². The van der Waals surface area contributed by atoms with Gasteiger partial charge in [0.15, 0.2) is 0 Å². The SMILES string of the molecule is Cc1ccc(F)cc1S(=O)(=O)N1CC[C@H](CN(C)C)[C@@H](O)C1. The van der Waals surface area contributed by atoms with Gasteiger partial charge in [0.25, 0.3) is 0 Å². The summed E-state index contributed by atoms with van der Waals surface area (Å²) in [4.78, 5) is 1.96. The fourth-order valence-electron chi connectivity index (χ4n) is 2.84. The maximum atomic E-state index is 13.4. The number of hydrogen-bond acceptors (Lipinski definition) is 4. The largest absolute Gasteiger partial charge is 0.391 e. The third kappa shape index (κ3) is 3.65. The third-order valence-corrected chi connectivity index (χ3v) is 6.06. The molecule has 0 amide bonds. The fraction of sp³-hybridized carbons (Fsp3) is 0.600. The van der Waals surface area contributed by atoms with Crippen molar-refractivity contribution in [2.24, 2.45) is 5.92 Å². The Hall–Kier alpha value is -1.02. The quantitative estimate of drug-likeness (QED) is 0.897. The van der Waals surface area contributed by atoms with Crippen molar-refractivity contribution in [2.75, 3.05) is 33.7 Å². The molecule has 0 radical (unpaired) electrons. The highest BCUT2D eigenvalue weighted by molar-refractivity contribution is 7.89. The molecule has 1 saturated heterocycles. The van der Waals surface area contributed by atoms with Crippen molar-refractivity contribution in [1.29, 1.82) is 0 Å². The van der Waals surface area contributed by atoms with Gasteiger partial charge in [-0.3, -0.25) is 0 Å². The van der Waals surface area contributed by atoms with Crippen molar-refractivity contribution >= 4 is 10.0 Å². The van der Waals surface area contributed by atoms with E-state index in [-0.39, 0.29) is 17.4 Å². The molecule has 0 aromatic heterocycles. The lowest BCUT2D eigenvalue weighted by molar-refractivity contribution is 0.0394. The van der Waals surface area contributed by atoms with Gasteiger partial charge >= 0.3 is 0 Å². The smallest absolute Gasteiger partial charge is 0.243 e. The summed E-state index contributed by atoms with van der Waals surface area (Å²) in [5.41, 5.74) is 0.506. The summed E-state index contributed by atoms with van der Waals surface area (Å²) >= 11 is 0.